The van der Waals surface area contributed by atoms with Crippen molar-refractivity contribution in [3.8, 4) is 0 Å². The lowest BCUT2D eigenvalue weighted by Gasteiger charge is -1.95. The molecule has 0 saturated heterocycles. The molecule has 0 rings (SSSR count). The van der Waals surface area contributed by atoms with Crippen LogP contribution < -0.4 is 0 Å². The summed E-state index contributed by atoms with van der Waals surface area (Å²) in [5.41, 5.74) is 0. The van der Waals surface area contributed by atoms with E-state index in [1.807, 2.05) is 6.08 Å². The minimum absolute atomic E-state index is 0.563. The van der Waals surface area contributed by atoms with E-state index in [1.54, 1.807) is 6.08 Å². The molecular weight excluding hydrogens is 151 g/mol. The maximum absolute atomic E-state index is 11.4. The molecular formula is C11H19F. The van der Waals surface area contributed by atoms with Crippen molar-refractivity contribution in [1.29, 1.82) is 0 Å². The van der Waals surface area contributed by atoms with Crippen LogP contribution in [0.4, 0.5) is 4.39 Å². The summed E-state index contributed by atoms with van der Waals surface area (Å²) in [6.45, 7) is 2.21. The van der Waals surface area contributed by atoms with E-state index in [9.17, 15) is 4.39 Å². The van der Waals surface area contributed by atoms with Crippen LogP contribution in [0.15, 0.2) is 24.6 Å². The summed E-state index contributed by atoms with van der Waals surface area (Å²) in [4.78, 5) is 0. The molecule has 0 bridgehead atoms. The van der Waals surface area contributed by atoms with E-state index < -0.39 is 0 Å². The monoisotopic (exact) mass is 170 g/mol. The van der Waals surface area contributed by atoms with Gasteiger partial charge in [-0.2, -0.15) is 0 Å². The number of unbranched alkanes of at least 4 members (excludes halogenated alkanes) is 5. The van der Waals surface area contributed by atoms with Crippen LogP contribution in [0.3, 0.4) is 0 Å². The molecule has 1 heteroatoms. The molecule has 0 aromatic carbocycles. The van der Waals surface area contributed by atoms with Crippen molar-refractivity contribution in [2.24, 2.45) is 0 Å². The molecule has 0 N–H and O–H groups in total. The van der Waals surface area contributed by atoms with Crippen LogP contribution in [0.1, 0.15) is 45.4 Å². The van der Waals surface area contributed by atoms with Crippen LogP contribution in [0.25, 0.3) is 0 Å². The quantitative estimate of drug-likeness (QED) is 0.393. The third-order valence-electron chi connectivity index (χ3n) is 1.79. The summed E-state index contributed by atoms with van der Waals surface area (Å²) in [6, 6.07) is 0. The molecule has 70 valence electrons. The fraction of sp³-hybridized carbons (Fsp3) is 0.636. The highest BCUT2D eigenvalue weighted by molar-refractivity contribution is 4.98. The zero-order valence-electron chi connectivity index (χ0n) is 7.93. The molecule has 0 aliphatic rings. The van der Waals surface area contributed by atoms with Crippen LogP contribution >= 0.6 is 0 Å². The standard InChI is InChI=1S/C11H19F/c1-2-3-4-5-6-7-8-9-10-11-12/h8-11H,2-7H2,1H3. The zero-order valence-corrected chi connectivity index (χ0v) is 7.93. The lowest BCUT2D eigenvalue weighted by Crippen LogP contribution is -1.75. The first-order valence-electron chi connectivity index (χ1n) is 4.83. The molecule has 0 unspecified atom stereocenters. The molecule has 0 saturated carbocycles. The highest BCUT2D eigenvalue weighted by atomic mass is 19.1. The van der Waals surface area contributed by atoms with Gasteiger partial charge in [0.05, 0.1) is 6.33 Å². The Morgan fingerprint density at radius 3 is 2.42 bits per heavy atom. The Bertz CT molecular complexity index is 125. The van der Waals surface area contributed by atoms with E-state index in [4.69, 9.17) is 0 Å². The topological polar surface area (TPSA) is 0 Å². The Kier molecular flexibility index (Phi) is 9.90. The van der Waals surface area contributed by atoms with Gasteiger partial charge in [0.1, 0.15) is 0 Å². The smallest absolute Gasteiger partial charge is 0.0866 e. The first kappa shape index (κ1) is 11.4. The predicted molar refractivity (Wildman–Crippen MR) is 52.8 cm³/mol. The van der Waals surface area contributed by atoms with Crippen LogP contribution in [0.5, 0.6) is 0 Å². The van der Waals surface area contributed by atoms with Gasteiger partial charge in [-0.15, -0.1) is 0 Å². The van der Waals surface area contributed by atoms with Gasteiger partial charge < -0.3 is 0 Å². The second-order valence-electron chi connectivity index (χ2n) is 2.95. The molecule has 0 atom stereocenters. The number of halogens is 1. The van der Waals surface area contributed by atoms with Gasteiger partial charge in [0.15, 0.2) is 0 Å². The molecule has 0 radical (unpaired) electrons. The van der Waals surface area contributed by atoms with Gasteiger partial charge >= 0.3 is 0 Å². The summed E-state index contributed by atoms with van der Waals surface area (Å²) < 4.78 is 11.4. The second kappa shape index (κ2) is 10.4. The van der Waals surface area contributed by atoms with E-state index in [2.05, 4.69) is 6.92 Å². The fourth-order valence-corrected chi connectivity index (χ4v) is 1.08. The van der Waals surface area contributed by atoms with Crippen molar-refractivity contribution >= 4 is 0 Å². The zero-order chi connectivity index (χ0) is 9.07. The molecule has 12 heavy (non-hydrogen) atoms. The summed E-state index contributed by atoms with van der Waals surface area (Å²) in [5, 5.41) is 0. The third kappa shape index (κ3) is 9.41. The second-order valence-corrected chi connectivity index (χ2v) is 2.95. The van der Waals surface area contributed by atoms with Crippen molar-refractivity contribution in [2.75, 3.05) is 0 Å². The highest BCUT2D eigenvalue weighted by Gasteiger charge is 1.85. The van der Waals surface area contributed by atoms with Gasteiger partial charge in [-0.05, 0) is 18.9 Å². The SMILES string of the molecule is CCCCCCCC=CC=CF. The average Bonchev–Trinajstić information content (AvgIpc) is 2.10. The lowest BCUT2D eigenvalue weighted by molar-refractivity contribution is 0.637. The average molecular weight is 170 g/mol. The maximum atomic E-state index is 11.4. The molecule has 0 spiro atoms. The summed E-state index contributed by atoms with van der Waals surface area (Å²) in [7, 11) is 0. The fourth-order valence-electron chi connectivity index (χ4n) is 1.08. The molecule has 0 aliphatic carbocycles. The molecule has 0 heterocycles. The van der Waals surface area contributed by atoms with Crippen LogP contribution in [0.2, 0.25) is 0 Å². The summed E-state index contributed by atoms with van der Waals surface area (Å²) in [6.07, 6.45) is 13.3. The van der Waals surface area contributed by atoms with Gasteiger partial charge in [0.2, 0.25) is 0 Å². The predicted octanol–water partition coefficient (Wildman–Crippen LogP) is 4.39. The third-order valence-corrected chi connectivity index (χ3v) is 1.79. The van der Waals surface area contributed by atoms with E-state index >= 15 is 0 Å². The molecule has 0 aliphatic heterocycles. The molecule has 0 fully saturated rings. The number of hydrogen-bond acceptors (Lipinski definition) is 0. The van der Waals surface area contributed by atoms with E-state index in [1.165, 1.54) is 38.2 Å². The number of hydrogen-bond donors (Lipinski definition) is 0. The molecule has 0 aromatic rings. The minimum atomic E-state index is 0.563. The van der Waals surface area contributed by atoms with Gasteiger partial charge in [-0.1, -0.05) is 44.8 Å². The summed E-state index contributed by atoms with van der Waals surface area (Å²) in [5.74, 6) is 0. The molecule has 0 amide bonds. The van der Waals surface area contributed by atoms with E-state index in [0.29, 0.717) is 6.33 Å². The van der Waals surface area contributed by atoms with E-state index in [0.717, 1.165) is 6.42 Å². The van der Waals surface area contributed by atoms with Crippen LogP contribution in [-0.2, 0) is 0 Å². The number of rotatable bonds is 7. The van der Waals surface area contributed by atoms with Crippen molar-refractivity contribution in [2.45, 2.75) is 45.4 Å². The Morgan fingerprint density at radius 2 is 1.75 bits per heavy atom. The Balaban J connectivity index is 3.00. The van der Waals surface area contributed by atoms with Gasteiger partial charge in [0, 0.05) is 0 Å². The Hall–Kier alpha value is -0.590. The first-order valence-corrected chi connectivity index (χ1v) is 4.83. The largest absolute Gasteiger partial charge is 0.216 e. The van der Waals surface area contributed by atoms with Crippen LogP contribution in [0, 0.1) is 0 Å². The van der Waals surface area contributed by atoms with E-state index in [-0.39, 0.29) is 0 Å². The van der Waals surface area contributed by atoms with Gasteiger partial charge in [0.25, 0.3) is 0 Å². The van der Waals surface area contributed by atoms with Crippen molar-refractivity contribution in [1.82, 2.24) is 0 Å². The minimum Gasteiger partial charge on any atom is -0.216 e. The van der Waals surface area contributed by atoms with Gasteiger partial charge in [-0.25, -0.2) is 4.39 Å². The lowest BCUT2D eigenvalue weighted by atomic mass is 10.1. The van der Waals surface area contributed by atoms with Gasteiger partial charge in [-0.3, -0.25) is 0 Å². The van der Waals surface area contributed by atoms with Crippen molar-refractivity contribution in [3.05, 3.63) is 24.6 Å². The maximum Gasteiger partial charge on any atom is 0.0866 e. The Labute approximate surface area is 75.2 Å². The molecule has 0 nitrogen and oxygen atoms in total. The highest BCUT2D eigenvalue weighted by Crippen LogP contribution is 2.05. The van der Waals surface area contributed by atoms with Crippen molar-refractivity contribution < 1.29 is 4.39 Å². The number of allylic oxidation sites excluding steroid dienone is 3. The summed E-state index contributed by atoms with van der Waals surface area (Å²) >= 11 is 0. The first-order chi connectivity index (χ1) is 5.91. The Morgan fingerprint density at radius 1 is 1.00 bits per heavy atom. The van der Waals surface area contributed by atoms with Crippen molar-refractivity contribution in [3.63, 3.8) is 0 Å². The molecule has 0 aromatic heterocycles. The van der Waals surface area contributed by atoms with Crippen LogP contribution in [-0.4, -0.2) is 0 Å². The normalized spacial score (nSPS) is 11.8.